The van der Waals surface area contributed by atoms with Crippen molar-refractivity contribution in [2.24, 2.45) is 0 Å². The number of aliphatic hydroxyl groups excluding tert-OH is 1. The van der Waals surface area contributed by atoms with Crippen LogP contribution in [-0.4, -0.2) is 47.7 Å². The molecular weight excluding hydrogens is 472 g/mol. The molecule has 0 amide bonds. The second kappa shape index (κ2) is 9.27. The molecule has 1 aromatic heterocycles. The van der Waals surface area contributed by atoms with Crippen molar-refractivity contribution in [3.05, 3.63) is 83.4 Å². The second-order valence-electron chi connectivity index (χ2n) is 9.66. The maximum absolute atomic E-state index is 15.1. The zero-order valence-corrected chi connectivity index (χ0v) is 20.8. The van der Waals surface area contributed by atoms with Gasteiger partial charge in [-0.05, 0) is 21.5 Å². The largest absolute Gasteiger partial charge is 0.405 e. The summed E-state index contributed by atoms with van der Waals surface area (Å²) in [6.45, 7) is 5.88. The van der Waals surface area contributed by atoms with Crippen molar-refractivity contribution in [1.29, 1.82) is 0 Å². The van der Waals surface area contributed by atoms with Gasteiger partial charge in [0.05, 0.1) is 6.61 Å². The van der Waals surface area contributed by atoms with Crippen LogP contribution in [0.25, 0.3) is 0 Å². The number of anilines is 1. The Morgan fingerprint density at radius 3 is 2.11 bits per heavy atom. The van der Waals surface area contributed by atoms with Gasteiger partial charge in [0.2, 0.25) is 6.23 Å². The van der Waals surface area contributed by atoms with Gasteiger partial charge in [-0.3, -0.25) is 4.57 Å². The maximum atomic E-state index is 15.1. The van der Waals surface area contributed by atoms with Crippen molar-refractivity contribution in [2.75, 3.05) is 12.3 Å². The monoisotopic (exact) mass is 501 g/mol. The van der Waals surface area contributed by atoms with E-state index in [9.17, 15) is 9.90 Å². The normalized spacial score (nSPS) is 22.3. The maximum Gasteiger partial charge on any atom is 0.351 e. The molecule has 35 heavy (non-hydrogen) atoms. The van der Waals surface area contributed by atoms with Gasteiger partial charge in [-0.25, -0.2) is 4.79 Å². The minimum atomic E-state index is -3.75. The number of nitrogen functional groups attached to an aromatic ring is 1. The molecule has 0 radical (unpaired) electrons. The van der Waals surface area contributed by atoms with Crippen LogP contribution in [0.15, 0.2) is 77.7 Å². The summed E-state index contributed by atoms with van der Waals surface area (Å²) in [4.78, 5) is 15.7. The zero-order valence-electron chi connectivity index (χ0n) is 19.8. The van der Waals surface area contributed by atoms with E-state index in [0.29, 0.717) is 4.57 Å². The van der Waals surface area contributed by atoms with Gasteiger partial charge in [-0.15, -0.1) is 0 Å². The first-order valence-corrected chi connectivity index (χ1v) is 13.2. The lowest BCUT2D eigenvalue weighted by Gasteiger charge is -2.43. The van der Waals surface area contributed by atoms with Crippen LogP contribution >= 0.6 is 0 Å². The number of benzene rings is 2. The smallest absolute Gasteiger partial charge is 0.351 e. The summed E-state index contributed by atoms with van der Waals surface area (Å²) in [5.74, 6) is -3.85. The van der Waals surface area contributed by atoms with Crippen molar-refractivity contribution in [2.45, 2.75) is 50.2 Å². The van der Waals surface area contributed by atoms with Gasteiger partial charge >= 0.3 is 11.6 Å². The molecule has 1 fully saturated rings. The SMILES string of the molecule is CC(C)(C)[Si](OC[C@H]1O[C@@H](n2ccc(N)nc2=O)C(F)(F)[C@@H]1O)(c1ccccc1)c1ccccc1. The molecule has 0 saturated carbocycles. The predicted octanol–water partition coefficient (Wildman–Crippen LogP) is 2.30. The molecular formula is C25H29F2N3O4Si. The van der Waals surface area contributed by atoms with Gasteiger partial charge in [0.15, 0.2) is 6.10 Å². The molecule has 7 nitrogen and oxygen atoms in total. The van der Waals surface area contributed by atoms with E-state index >= 15 is 8.78 Å². The zero-order chi connectivity index (χ0) is 25.4. The van der Waals surface area contributed by atoms with Crippen molar-refractivity contribution >= 4 is 24.5 Å². The van der Waals surface area contributed by atoms with Gasteiger partial charge in [0.25, 0.3) is 8.32 Å². The highest BCUT2D eigenvalue weighted by molar-refractivity contribution is 6.99. The summed E-state index contributed by atoms with van der Waals surface area (Å²) >= 11 is 0. The molecule has 0 bridgehead atoms. The standard InChI is InChI=1S/C25H29F2N3O4Si/c1-24(2,3)35(17-10-6-4-7-11-17,18-12-8-5-9-13-18)33-16-19-21(31)25(26,27)22(34-19)30-15-14-20(28)29-23(30)32/h4-15,19,21-22,31H,16H2,1-3H3,(H2,28,29,32)/t19-,21-,22-/m1/s1. The lowest BCUT2D eigenvalue weighted by molar-refractivity contribution is -0.140. The molecule has 1 aliphatic heterocycles. The third-order valence-corrected chi connectivity index (χ3v) is 11.4. The Hall–Kier alpha value is -2.92. The van der Waals surface area contributed by atoms with Crippen molar-refractivity contribution in [1.82, 2.24) is 9.55 Å². The Kier molecular flexibility index (Phi) is 6.67. The number of alkyl halides is 2. The van der Waals surface area contributed by atoms with E-state index in [-0.39, 0.29) is 17.5 Å². The molecule has 3 N–H and O–H groups in total. The fourth-order valence-electron chi connectivity index (χ4n) is 4.68. The number of ether oxygens (including phenoxy) is 1. The first kappa shape index (κ1) is 25.2. The summed E-state index contributed by atoms with van der Waals surface area (Å²) in [7, 11) is -3.05. The van der Waals surface area contributed by atoms with Crippen LogP contribution in [-0.2, 0) is 9.16 Å². The average Bonchev–Trinajstić information content (AvgIpc) is 3.03. The number of aliphatic hydroxyl groups is 1. The number of nitrogens with zero attached hydrogens (tertiary/aromatic N) is 2. The van der Waals surface area contributed by atoms with Crippen LogP contribution in [0, 0.1) is 0 Å². The summed E-state index contributed by atoms with van der Waals surface area (Å²) < 4.78 is 43.0. The number of halogens is 2. The minimum Gasteiger partial charge on any atom is -0.405 e. The quantitative estimate of drug-likeness (QED) is 0.503. The minimum absolute atomic E-state index is 0.0975. The molecule has 2 heterocycles. The molecule has 0 aliphatic carbocycles. The molecule has 186 valence electrons. The number of nitrogens with two attached hydrogens (primary N) is 1. The summed E-state index contributed by atoms with van der Waals surface area (Å²) in [5.41, 5.74) is 4.49. The van der Waals surface area contributed by atoms with Crippen LogP contribution < -0.4 is 21.8 Å². The second-order valence-corrected chi connectivity index (χ2v) is 14.0. The highest BCUT2D eigenvalue weighted by Crippen LogP contribution is 2.43. The Morgan fingerprint density at radius 2 is 1.63 bits per heavy atom. The highest BCUT2D eigenvalue weighted by atomic mass is 28.4. The van der Waals surface area contributed by atoms with E-state index in [4.69, 9.17) is 14.9 Å². The third kappa shape index (κ3) is 4.42. The van der Waals surface area contributed by atoms with E-state index in [1.165, 1.54) is 6.07 Å². The first-order valence-electron chi connectivity index (χ1n) is 11.3. The number of rotatable bonds is 6. The Labute approximate surface area is 203 Å². The first-order chi connectivity index (χ1) is 16.5. The fourth-order valence-corrected chi connectivity index (χ4v) is 9.25. The Morgan fingerprint density at radius 1 is 1.09 bits per heavy atom. The topological polar surface area (TPSA) is 99.6 Å². The van der Waals surface area contributed by atoms with E-state index in [1.54, 1.807) is 0 Å². The van der Waals surface area contributed by atoms with Gasteiger partial charge in [0.1, 0.15) is 11.9 Å². The van der Waals surface area contributed by atoms with Gasteiger partial charge < -0.3 is 20.0 Å². The van der Waals surface area contributed by atoms with Crippen LogP contribution in [0.1, 0.15) is 27.0 Å². The number of aromatic nitrogens is 2. The van der Waals surface area contributed by atoms with E-state index < -0.39 is 38.4 Å². The fraction of sp³-hybridized carbons (Fsp3) is 0.360. The molecule has 0 spiro atoms. The Balaban J connectivity index is 1.71. The van der Waals surface area contributed by atoms with E-state index in [1.807, 2.05) is 60.7 Å². The van der Waals surface area contributed by atoms with Crippen molar-refractivity contribution < 1.29 is 23.1 Å². The van der Waals surface area contributed by atoms with Crippen molar-refractivity contribution in [3.63, 3.8) is 0 Å². The lowest BCUT2D eigenvalue weighted by atomic mass is 10.1. The van der Waals surface area contributed by atoms with Gasteiger partial charge in [0, 0.05) is 6.20 Å². The third-order valence-electron chi connectivity index (χ3n) is 6.36. The van der Waals surface area contributed by atoms with E-state index in [2.05, 4.69) is 25.8 Å². The lowest BCUT2D eigenvalue weighted by Crippen LogP contribution is -2.67. The van der Waals surface area contributed by atoms with Gasteiger partial charge in [-0.2, -0.15) is 13.8 Å². The number of hydrogen-bond acceptors (Lipinski definition) is 6. The van der Waals surface area contributed by atoms with Crippen molar-refractivity contribution in [3.8, 4) is 0 Å². The highest BCUT2D eigenvalue weighted by Gasteiger charge is 2.60. The molecule has 10 heteroatoms. The summed E-state index contributed by atoms with van der Waals surface area (Å²) in [5, 5.41) is 12.1. The summed E-state index contributed by atoms with van der Waals surface area (Å²) in [6.07, 6.45) is -4.51. The summed E-state index contributed by atoms with van der Waals surface area (Å²) in [6, 6.07) is 20.6. The Bertz CT molecular complexity index is 1180. The molecule has 1 aliphatic rings. The van der Waals surface area contributed by atoms with Crippen LogP contribution in [0.4, 0.5) is 14.6 Å². The van der Waals surface area contributed by atoms with E-state index in [0.717, 1.165) is 16.6 Å². The predicted molar refractivity (Wildman–Crippen MR) is 131 cm³/mol. The molecule has 0 unspecified atom stereocenters. The van der Waals surface area contributed by atoms with Crippen LogP contribution in [0.5, 0.6) is 0 Å². The molecule has 3 atom stereocenters. The average molecular weight is 502 g/mol. The molecule has 4 rings (SSSR count). The van der Waals surface area contributed by atoms with Gasteiger partial charge in [-0.1, -0.05) is 81.4 Å². The molecule has 2 aromatic carbocycles. The molecule has 3 aromatic rings. The van der Waals surface area contributed by atoms with Crippen LogP contribution in [0.3, 0.4) is 0 Å². The molecule has 1 saturated heterocycles. The van der Waals surface area contributed by atoms with Crippen LogP contribution in [0.2, 0.25) is 5.04 Å². The number of hydrogen-bond donors (Lipinski definition) is 2.